The van der Waals surface area contributed by atoms with Crippen molar-refractivity contribution in [2.24, 2.45) is 11.8 Å². The number of aliphatic hydroxyl groups excluding tert-OH is 1. The number of carbonyl (C=O) groups is 3. The zero-order chi connectivity index (χ0) is 26.2. The lowest BCUT2D eigenvalue weighted by molar-refractivity contribution is -0.141. The minimum Gasteiger partial charge on any atom is -0.508 e. The van der Waals surface area contributed by atoms with Crippen molar-refractivity contribution in [1.29, 1.82) is 0 Å². The van der Waals surface area contributed by atoms with Crippen LogP contribution in [0.1, 0.15) is 22.8 Å². The Labute approximate surface area is 219 Å². The first kappa shape index (κ1) is 27.3. The molecular weight excluding hydrogens is 505 g/mol. The van der Waals surface area contributed by atoms with Gasteiger partial charge in [0.2, 0.25) is 5.91 Å². The van der Waals surface area contributed by atoms with Gasteiger partial charge in [-0.15, -0.1) is 0 Å². The number of carboxylic acids is 1. The molecule has 1 aliphatic rings. The number of allylic oxidation sites excluding steroid dienone is 2. The zero-order valence-electron chi connectivity index (χ0n) is 19.5. The number of hydrogen-bond acceptors (Lipinski definition) is 5. The van der Waals surface area contributed by atoms with Crippen LogP contribution in [0.25, 0.3) is 0 Å². The molecule has 2 amide bonds. The standard InChI is InChI=1S/C26H27Cl2N3O5/c1-15-5-10-19(32)12-17(15)13-29-14-23(33)31-22(26(35)36)11-16-6-8-18(9-7-16)30-25(34)24-20(27)3-2-4-21(24)28/h2-10,12,15,17,22,29,32H,11,13-14H2,1H3,(H,30,34)(H,31,33)(H,35,36)/t15?,17?,22-/m0/s1. The average Bonchev–Trinajstić information content (AvgIpc) is 2.82. The van der Waals surface area contributed by atoms with Crippen LogP contribution in [-0.4, -0.2) is 47.1 Å². The number of amides is 2. The van der Waals surface area contributed by atoms with Gasteiger partial charge < -0.3 is 26.2 Å². The topological polar surface area (TPSA) is 128 Å². The van der Waals surface area contributed by atoms with Crippen molar-refractivity contribution < 1.29 is 24.6 Å². The van der Waals surface area contributed by atoms with Crippen LogP contribution in [0.4, 0.5) is 5.69 Å². The monoisotopic (exact) mass is 531 g/mol. The number of aliphatic hydroxyl groups is 1. The van der Waals surface area contributed by atoms with Crippen LogP contribution in [0.5, 0.6) is 0 Å². The number of carboxylic acid groups (broad SMARTS) is 1. The molecular formula is C26H27Cl2N3O5. The van der Waals surface area contributed by atoms with Gasteiger partial charge in [0.15, 0.2) is 0 Å². The summed E-state index contributed by atoms with van der Waals surface area (Å²) in [7, 11) is 0. The lowest BCUT2D eigenvalue weighted by atomic mass is 9.89. The Kier molecular flexibility index (Phi) is 9.52. The minimum absolute atomic E-state index is 0.0334. The van der Waals surface area contributed by atoms with Gasteiger partial charge >= 0.3 is 5.97 Å². The summed E-state index contributed by atoms with van der Waals surface area (Å²) in [4.78, 5) is 36.5. The van der Waals surface area contributed by atoms with Crippen LogP contribution in [-0.2, 0) is 16.0 Å². The van der Waals surface area contributed by atoms with E-state index in [1.165, 1.54) is 0 Å². The number of rotatable bonds is 10. The number of nitrogens with one attached hydrogen (secondary N) is 3. The second-order valence-corrected chi connectivity index (χ2v) is 9.33. The average molecular weight is 532 g/mol. The highest BCUT2D eigenvalue weighted by Crippen LogP contribution is 2.25. The van der Waals surface area contributed by atoms with Crippen molar-refractivity contribution in [3.05, 3.63) is 87.6 Å². The molecule has 0 heterocycles. The fourth-order valence-corrected chi connectivity index (χ4v) is 4.30. The molecule has 36 heavy (non-hydrogen) atoms. The van der Waals surface area contributed by atoms with E-state index in [4.69, 9.17) is 23.2 Å². The summed E-state index contributed by atoms with van der Waals surface area (Å²) in [6, 6.07) is 10.2. The van der Waals surface area contributed by atoms with Crippen molar-refractivity contribution in [3.8, 4) is 0 Å². The van der Waals surface area contributed by atoms with E-state index in [9.17, 15) is 24.6 Å². The number of hydrogen-bond donors (Lipinski definition) is 5. The van der Waals surface area contributed by atoms with E-state index in [-0.39, 0.29) is 46.2 Å². The lowest BCUT2D eigenvalue weighted by Crippen LogP contribution is -2.46. The van der Waals surface area contributed by atoms with Gasteiger partial charge in [0.25, 0.3) is 5.91 Å². The van der Waals surface area contributed by atoms with E-state index in [0.29, 0.717) is 17.8 Å². The predicted molar refractivity (Wildman–Crippen MR) is 140 cm³/mol. The van der Waals surface area contributed by atoms with Gasteiger partial charge in [-0.25, -0.2) is 4.79 Å². The maximum absolute atomic E-state index is 12.5. The Hall–Kier alpha value is -3.33. The number of benzene rings is 2. The fourth-order valence-electron chi connectivity index (χ4n) is 3.73. The second kappa shape index (κ2) is 12.6. The smallest absolute Gasteiger partial charge is 0.326 e. The van der Waals surface area contributed by atoms with Gasteiger partial charge in [-0.1, -0.05) is 54.4 Å². The van der Waals surface area contributed by atoms with Gasteiger partial charge in [0, 0.05) is 18.7 Å². The Morgan fingerprint density at radius 1 is 1.06 bits per heavy atom. The summed E-state index contributed by atoms with van der Waals surface area (Å²) in [6.45, 7) is 2.42. The van der Waals surface area contributed by atoms with Crippen molar-refractivity contribution in [2.45, 2.75) is 19.4 Å². The Balaban J connectivity index is 1.52. The van der Waals surface area contributed by atoms with Gasteiger partial charge in [0.05, 0.1) is 22.2 Å². The third-order valence-corrected chi connectivity index (χ3v) is 6.40. The third-order valence-electron chi connectivity index (χ3n) is 5.77. The molecule has 190 valence electrons. The van der Waals surface area contributed by atoms with E-state index in [0.717, 1.165) is 0 Å². The van der Waals surface area contributed by atoms with Crippen LogP contribution in [0, 0.1) is 11.8 Å². The molecule has 0 spiro atoms. The highest BCUT2D eigenvalue weighted by molar-refractivity contribution is 6.40. The molecule has 0 saturated carbocycles. The first-order valence-electron chi connectivity index (χ1n) is 11.3. The quantitative estimate of drug-likeness (QED) is 0.312. The maximum atomic E-state index is 12.5. The van der Waals surface area contributed by atoms with Crippen LogP contribution in [0.3, 0.4) is 0 Å². The maximum Gasteiger partial charge on any atom is 0.326 e. The van der Waals surface area contributed by atoms with Gasteiger partial charge in [-0.3, -0.25) is 9.59 Å². The number of aliphatic carboxylic acids is 1. The largest absolute Gasteiger partial charge is 0.508 e. The Morgan fingerprint density at radius 3 is 2.36 bits per heavy atom. The molecule has 0 fully saturated rings. The first-order valence-corrected chi connectivity index (χ1v) is 12.1. The summed E-state index contributed by atoms with van der Waals surface area (Å²) in [5.41, 5.74) is 1.30. The summed E-state index contributed by atoms with van der Waals surface area (Å²) in [5, 5.41) is 27.9. The summed E-state index contributed by atoms with van der Waals surface area (Å²) in [5.74, 6) is -1.65. The van der Waals surface area contributed by atoms with Gasteiger partial charge in [0.1, 0.15) is 11.8 Å². The third kappa shape index (κ3) is 7.58. The van der Waals surface area contributed by atoms with Gasteiger partial charge in [-0.2, -0.15) is 0 Å². The molecule has 2 aromatic rings. The van der Waals surface area contributed by atoms with Gasteiger partial charge in [-0.05, 0) is 53.8 Å². The molecule has 0 aromatic heterocycles. The molecule has 3 rings (SSSR count). The number of halogens is 2. The van der Waals surface area contributed by atoms with E-state index >= 15 is 0 Å². The summed E-state index contributed by atoms with van der Waals surface area (Å²) >= 11 is 12.1. The molecule has 2 aromatic carbocycles. The molecule has 0 saturated heterocycles. The van der Waals surface area contributed by atoms with E-state index in [2.05, 4.69) is 16.0 Å². The Morgan fingerprint density at radius 2 is 1.72 bits per heavy atom. The zero-order valence-corrected chi connectivity index (χ0v) is 21.0. The normalized spacial score (nSPS) is 17.7. The van der Waals surface area contributed by atoms with Crippen LogP contribution in [0.2, 0.25) is 10.0 Å². The van der Waals surface area contributed by atoms with Crippen molar-refractivity contribution >= 4 is 46.7 Å². The molecule has 0 aliphatic heterocycles. The van der Waals surface area contributed by atoms with Crippen molar-refractivity contribution in [1.82, 2.24) is 10.6 Å². The van der Waals surface area contributed by atoms with Crippen LogP contribution in [0.15, 0.2) is 66.5 Å². The fraction of sp³-hybridized carbons (Fsp3) is 0.269. The predicted octanol–water partition coefficient (Wildman–Crippen LogP) is 4.21. The summed E-state index contributed by atoms with van der Waals surface area (Å²) in [6.07, 6.45) is 5.32. The van der Waals surface area contributed by atoms with Crippen molar-refractivity contribution in [3.63, 3.8) is 0 Å². The SMILES string of the molecule is CC1C=CC(O)=CC1CNCC(=O)N[C@@H](Cc1ccc(NC(=O)c2c(Cl)cccc2Cl)cc1)C(=O)O. The molecule has 10 heteroatoms. The molecule has 0 bridgehead atoms. The molecule has 0 radical (unpaired) electrons. The lowest BCUT2D eigenvalue weighted by Gasteiger charge is -2.22. The minimum atomic E-state index is -1.16. The second-order valence-electron chi connectivity index (χ2n) is 8.51. The molecule has 5 N–H and O–H groups in total. The van der Waals surface area contributed by atoms with Crippen LogP contribution < -0.4 is 16.0 Å². The Bertz CT molecular complexity index is 1160. The highest BCUT2D eigenvalue weighted by Gasteiger charge is 2.22. The highest BCUT2D eigenvalue weighted by atomic mass is 35.5. The van der Waals surface area contributed by atoms with E-state index in [1.54, 1.807) is 54.6 Å². The summed E-state index contributed by atoms with van der Waals surface area (Å²) < 4.78 is 0. The molecule has 1 aliphatic carbocycles. The van der Waals surface area contributed by atoms with Crippen molar-refractivity contribution in [2.75, 3.05) is 18.4 Å². The number of carbonyl (C=O) groups excluding carboxylic acids is 2. The first-order chi connectivity index (χ1) is 17.1. The van der Waals surface area contributed by atoms with Crippen LogP contribution >= 0.6 is 23.2 Å². The molecule has 3 atom stereocenters. The van der Waals surface area contributed by atoms with E-state index < -0.39 is 23.8 Å². The van der Waals surface area contributed by atoms with E-state index in [1.807, 2.05) is 13.0 Å². The number of anilines is 1. The molecule has 8 nitrogen and oxygen atoms in total. The molecule has 2 unspecified atom stereocenters.